The van der Waals surface area contributed by atoms with Crippen molar-refractivity contribution in [1.82, 2.24) is 14.8 Å². The topological polar surface area (TPSA) is 52.3 Å². The highest BCUT2D eigenvalue weighted by Crippen LogP contribution is 2.18. The third-order valence-electron chi connectivity index (χ3n) is 2.51. The lowest BCUT2D eigenvalue weighted by atomic mass is 10.1. The molecule has 2 aromatic rings. The first-order valence-corrected chi connectivity index (χ1v) is 7.16. The molecule has 0 N–H and O–H groups in total. The molecule has 116 valence electrons. The van der Waals surface area contributed by atoms with Crippen LogP contribution >= 0.6 is 34.8 Å². The van der Waals surface area contributed by atoms with E-state index in [0.29, 0.717) is 10.6 Å². The lowest BCUT2D eigenvalue weighted by molar-refractivity contribution is 0.168. The average molecular weight is 364 g/mol. The smallest absolute Gasteiger partial charge is 0.239 e. The van der Waals surface area contributed by atoms with Gasteiger partial charge in [0, 0.05) is 10.6 Å². The van der Waals surface area contributed by atoms with Crippen molar-refractivity contribution < 1.29 is 9.23 Å². The van der Waals surface area contributed by atoms with Crippen LogP contribution in [0.4, 0.5) is 4.39 Å². The van der Waals surface area contributed by atoms with E-state index in [4.69, 9.17) is 39.6 Å². The highest BCUT2D eigenvalue weighted by molar-refractivity contribution is 6.55. The van der Waals surface area contributed by atoms with Gasteiger partial charge < -0.3 is 4.84 Å². The Bertz CT molecular complexity index is 654. The number of benzene rings is 1. The number of nitrogens with zero attached hydrogens (tertiary/aromatic N) is 4. The molecule has 0 bridgehead atoms. The molecule has 1 atom stereocenters. The number of aromatic nitrogens is 3. The van der Waals surface area contributed by atoms with Crippen molar-refractivity contribution in [2.45, 2.75) is 6.30 Å². The Morgan fingerprint density at radius 3 is 2.68 bits per heavy atom. The second-order valence-corrected chi connectivity index (χ2v) is 5.43. The lowest BCUT2D eigenvalue weighted by Gasteiger charge is -2.11. The van der Waals surface area contributed by atoms with E-state index in [0.717, 1.165) is 4.68 Å². The van der Waals surface area contributed by atoms with Crippen LogP contribution < -0.4 is 0 Å². The zero-order valence-electron chi connectivity index (χ0n) is 11.0. The fourth-order valence-corrected chi connectivity index (χ4v) is 1.77. The van der Waals surface area contributed by atoms with E-state index in [-0.39, 0.29) is 16.8 Å². The van der Waals surface area contributed by atoms with Crippen molar-refractivity contribution in [3.8, 4) is 0 Å². The molecule has 0 saturated carbocycles. The van der Waals surface area contributed by atoms with Gasteiger partial charge in [-0.1, -0.05) is 52.1 Å². The zero-order valence-corrected chi connectivity index (χ0v) is 13.3. The molecule has 0 saturated heterocycles. The van der Waals surface area contributed by atoms with Gasteiger partial charge in [0.1, 0.15) is 29.5 Å². The molecule has 1 aromatic heterocycles. The molecule has 0 spiro atoms. The summed E-state index contributed by atoms with van der Waals surface area (Å²) in [6.07, 6.45) is 2.18. The Morgan fingerprint density at radius 2 is 2.09 bits per heavy atom. The van der Waals surface area contributed by atoms with Gasteiger partial charge in [-0.05, 0) is 18.2 Å². The monoisotopic (exact) mass is 362 g/mol. The van der Waals surface area contributed by atoms with Crippen molar-refractivity contribution in [2.24, 2.45) is 5.16 Å². The Kier molecular flexibility index (Phi) is 6.18. The van der Waals surface area contributed by atoms with Crippen molar-refractivity contribution in [2.75, 3.05) is 6.61 Å². The molecule has 0 aliphatic carbocycles. The van der Waals surface area contributed by atoms with Gasteiger partial charge in [-0.2, -0.15) is 5.10 Å². The average Bonchev–Trinajstić information content (AvgIpc) is 3.02. The van der Waals surface area contributed by atoms with Crippen LogP contribution in [0.1, 0.15) is 11.9 Å². The Balaban J connectivity index is 2.25. The molecule has 0 aliphatic heterocycles. The summed E-state index contributed by atoms with van der Waals surface area (Å²) in [5.41, 5.74) is 0.509. The Hall–Kier alpha value is -1.63. The summed E-state index contributed by atoms with van der Waals surface area (Å²) >= 11 is 16.7. The number of oxime groups is 1. The SMILES string of the molecule is FC(C(=NOCC=C(Cl)Cl)c1ccc(Cl)cc1)n1cncn1. The number of hydrogen-bond acceptors (Lipinski definition) is 4. The van der Waals surface area contributed by atoms with Gasteiger partial charge in [-0.3, -0.25) is 0 Å². The predicted octanol–water partition coefficient (Wildman–Crippen LogP) is 4.14. The predicted molar refractivity (Wildman–Crippen MR) is 83.9 cm³/mol. The zero-order chi connectivity index (χ0) is 15.9. The van der Waals surface area contributed by atoms with E-state index in [2.05, 4.69) is 15.2 Å². The summed E-state index contributed by atoms with van der Waals surface area (Å²) in [7, 11) is 0. The van der Waals surface area contributed by atoms with E-state index in [1.54, 1.807) is 24.3 Å². The van der Waals surface area contributed by atoms with Gasteiger partial charge in [0.2, 0.25) is 6.30 Å². The summed E-state index contributed by atoms with van der Waals surface area (Å²) in [5.74, 6) is 0. The fourth-order valence-electron chi connectivity index (χ4n) is 1.52. The molecule has 0 fully saturated rings. The maximum Gasteiger partial charge on any atom is 0.239 e. The second kappa shape index (κ2) is 8.12. The molecule has 1 unspecified atom stereocenters. The van der Waals surface area contributed by atoms with Gasteiger partial charge in [0.05, 0.1) is 0 Å². The first kappa shape index (κ1) is 16.7. The maximum absolute atomic E-state index is 14.6. The van der Waals surface area contributed by atoms with Crippen molar-refractivity contribution in [1.29, 1.82) is 0 Å². The number of alkyl halides is 1. The molecular formula is C13H10Cl3FN4O. The van der Waals surface area contributed by atoms with Crippen LogP contribution in [0.3, 0.4) is 0 Å². The molecule has 0 amide bonds. The van der Waals surface area contributed by atoms with E-state index in [1.165, 1.54) is 18.7 Å². The number of hydrogen-bond donors (Lipinski definition) is 0. The summed E-state index contributed by atoms with van der Waals surface area (Å²) in [6, 6.07) is 6.49. The summed E-state index contributed by atoms with van der Waals surface area (Å²) in [6.45, 7) is 0.00347. The van der Waals surface area contributed by atoms with E-state index in [1.807, 2.05) is 0 Å². The van der Waals surface area contributed by atoms with Crippen molar-refractivity contribution in [3.05, 3.63) is 58.1 Å². The fraction of sp³-hybridized carbons (Fsp3) is 0.154. The minimum absolute atomic E-state index is 0.00347. The molecule has 22 heavy (non-hydrogen) atoms. The third-order valence-corrected chi connectivity index (χ3v) is 3.07. The molecule has 9 heteroatoms. The van der Waals surface area contributed by atoms with Gasteiger partial charge in [-0.25, -0.2) is 14.1 Å². The normalized spacial score (nSPS) is 12.8. The Labute approximate surface area is 140 Å². The largest absolute Gasteiger partial charge is 0.391 e. The van der Waals surface area contributed by atoms with Crippen LogP contribution in [0.15, 0.2) is 52.6 Å². The number of rotatable bonds is 6. The quantitative estimate of drug-likeness (QED) is 0.440. The van der Waals surface area contributed by atoms with Gasteiger partial charge in [-0.15, -0.1) is 0 Å². The van der Waals surface area contributed by atoms with Crippen molar-refractivity contribution >= 4 is 40.5 Å². The maximum atomic E-state index is 14.6. The second-order valence-electron chi connectivity index (χ2n) is 3.98. The highest BCUT2D eigenvalue weighted by Gasteiger charge is 2.20. The lowest BCUT2D eigenvalue weighted by Crippen LogP contribution is -2.17. The third kappa shape index (κ3) is 4.69. The standard InChI is InChI=1S/C13H10Cl3FN4O/c14-10-3-1-9(2-4-10)12(20-22-6-5-11(15)16)13(17)21-8-18-7-19-21/h1-5,7-8,13H,6H2. The van der Waals surface area contributed by atoms with Crippen LogP contribution in [-0.2, 0) is 4.84 Å². The molecule has 0 aliphatic rings. The van der Waals surface area contributed by atoms with Gasteiger partial charge >= 0.3 is 0 Å². The minimum Gasteiger partial charge on any atom is -0.391 e. The van der Waals surface area contributed by atoms with Crippen LogP contribution in [0.2, 0.25) is 5.02 Å². The van der Waals surface area contributed by atoms with Crippen LogP contribution in [-0.4, -0.2) is 27.1 Å². The molecule has 1 heterocycles. The minimum atomic E-state index is -1.67. The first-order chi connectivity index (χ1) is 10.6. The number of halogens is 4. The van der Waals surface area contributed by atoms with Crippen molar-refractivity contribution in [3.63, 3.8) is 0 Å². The molecule has 1 aromatic carbocycles. The van der Waals surface area contributed by atoms with E-state index in [9.17, 15) is 4.39 Å². The summed E-state index contributed by atoms with van der Waals surface area (Å²) in [4.78, 5) is 8.72. The molecule has 5 nitrogen and oxygen atoms in total. The molecular weight excluding hydrogens is 354 g/mol. The van der Waals surface area contributed by atoms with Gasteiger partial charge in [0.15, 0.2) is 0 Å². The Morgan fingerprint density at radius 1 is 1.36 bits per heavy atom. The van der Waals surface area contributed by atoms with E-state index >= 15 is 0 Å². The highest BCUT2D eigenvalue weighted by atomic mass is 35.5. The molecule has 0 radical (unpaired) electrons. The van der Waals surface area contributed by atoms with E-state index < -0.39 is 6.30 Å². The molecule has 2 rings (SSSR count). The van der Waals surface area contributed by atoms with Crippen LogP contribution in [0.25, 0.3) is 0 Å². The summed E-state index contributed by atoms with van der Waals surface area (Å²) < 4.78 is 15.6. The first-order valence-electron chi connectivity index (χ1n) is 6.03. The van der Waals surface area contributed by atoms with Gasteiger partial charge in [0.25, 0.3) is 0 Å². The van der Waals surface area contributed by atoms with Crippen LogP contribution in [0.5, 0.6) is 0 Å². The van der Waals surface area contributed by atoms with Crippen LogP contribution in [0, 0.1) is 0 Å². The summed E-state index contributed by atoms with van der Waals surface area (Å²) in [5, 5.41) is 8.08.